The molecule has 1 heterocycles. The van der Waals surface area contributed by atoms with Crippen molar-refractivity contribution in [3.63, 3.8) is 0 Å². The van der Waals surface area contributed by atoms with Crippen molar-refractivity contribution in [2.45, 2.75) is 18.2 Å². The van der Waals surface area contributed by atoms with Gasteiger partial charge in [0.25, 0.3) is 0 Å². The molecule has 0 unspecified atom stereocenters. The second-order valence-electron chi connectivity index (χ2n) is 5.70. The molecular formula is C19H18N4O2S2. The number of rotatable bonds is 7. The van der Waals surface area contributed by atoms with Crippen LogP contribution >= 0.6 is 23.1 Å². The summed E-state index contributed by atoms with van der Waals surface area (Å²) in [6, 6.07) is 17.0. The monoisotopic (exact) mass is 398 g/mol. The number of hydrogen-bond donors (Lipinski definition) is 2. The molecule has 2 amide bonds. The maximum Gasteiger partial charge on any atom is 0.236 e. The van der Waals surface area contributed by atoms with Crippen LogP contribution < -0.4 is 10.6 Å². The summed E-state index contributed by atoms with van der Waals surface area (Å²) in [6.45, 7) is 1.83. The molecule has 1 aromatic heterocycles. The lowest BCUT2D eigenvalue weighted by Crippen LogP contribution is -2.14. The van der Waals surface area contributed by atoms with Crippen LogP contribution in [0.15, 0.2) is 59.5 Å². The Bertz CT molecular complexity index is 928. The average Bonchev–Trinajstić information content (AvgIpc) is 3.06. The molecule has 3 rings (SSSR count). The summed E-state index contributed by atoms with van der Waals surface area (Å²) in [4.78, 5) is 25.1. The van der Waals surface area contributed by atoms with Crippen LogP contribution in [0.4, 0.5) is 10.8 Å². The minimum absolute atomic E-state index is 0.0762. The number of carbonyl (C=O) groups is 2. The number of hydrogen-bond acceptors (Lipinski definition) is 6. The Morgan fingerprint density at radius 3 is 2.56 bits per heavy atom. The molecule has 0 spiro atoms. The van der Waals surface area contributed by atoms with Gasteiger partial charge in [-0.05, 0) is 30.7 Å². The van der Waals surface area contributed by atoms with Gasteiger partial charge in [0, 0.05) is 10.6 Å². The number of nitrogens with one attached hydrogen (secondary N) is 2. The Morgan fingerprint density at radius 2 is 1.81 bits per heavy atom. The van der Waals surface area contributed by atoms with E-state index in [0.717, 1.165) is 15.5 Å². The third-order valence-electron chi connectivity index (χ3n) is 3.47. The number of carbonyl (C=O) groups excluding carboxylic acids is 2. The van der Waals surface area contributed by atoms with Gasteiger partial charge in [-0.25, -0.2) is 0 Å². The minimum atomic E-state index is -0.144. The molecule has 2 aromatic carbocycles. The Kier molecular flexibility index (Phi) is 6.56. The topological polar surface area (TPSA) is 84.0 Å². The van der Waals surface area contributed by atoms with Crippen LogP contribution in [0.3, 0.4) is 0 Å². The number of amides is 2. The van der Waals surface area contributed by atoms with E-state index in [-0.39, 0.29) is 17.6 Å². The van der Waals surface area contributed by atoms with Crippen molar-refractivity contribution in [2.75, 3.05) is 16.4 Å². The third kappa shape index (κ3) is 6.19. The highest BCUT2D eigenvalue weighted by Gasteiger charge is 2.08. The quantitative estimate of drug-likeness (QED) is 0.592. The molecule has 6 nitrogen and oxygen atoms in total. The van der Waals surface area contributed by atoms with Crippen molar-refractivity contribution in [1.82, 2.24) is 10.2 Å². The summed E-state index contributed by atoms with van der Waals surface area (Å²) in [7, 11) is 0. The molecule has 0 saturated carbocycles. The van der Waals surface area contributed by atoms with Gasteiger partial charge in [0.2, 0.25) is 16.9 Å². The number of thioether (sulfide) groups is 1. The summed E-state index contributed by atoms with van der Waals surface area (Å²) in [5.41, 5.74) is 1.67. The van der Waals surface area contributed by atoms with Crippen LogP contribution in [0.2, 0.25) is 0 Å². The van der Waals surface area contributed by atoms with E-state index in [1.54, 1.807) is 0 Å². The van der Waals surface area contributed by atoms with Crippen LogP contribution in [0.1, 0.15) is 10.6 Å². The van der Waals surface area contributed by atoms with E-state index in [9.17, 15) is 9.59 Å². The maximum atomic E-state index is 12.2. The molecule has 0 aliphatic carbocycles. The van der Waals surface area contributed by atoms with Gasteiger partial charge in [-0.3, -0.25) is 14.9 Å². The van der Waals surface area contributed by atoms with Gasteiger partial charge < -0.3 is 5.32 Å². The Balaban J connectivity index is 1.50. The first-order valence-corrected chi connectivity index (χ1v) is 10.1. The predicted octanol–water partition coefficient (Wildman–Crippen LogP) is 3.76. The molecule has 0 radical (unpaired) electrons. The fourth-order valence-corrected chi connectivity index (χ4v) is 3.66. The first-order chi connectivity index (χ1) is 13.1. The lowest BCUT2D eigenvalue weighted by molar-refractivity contribution is -0.115. The summed E-state index contributed by atoms with van der Waals surface area (Å²) < 4.78 is 0. The van der Waals surface area contributed by atoms with Crippen LogP contribution in [0.25, 0.3) is 0 Å². The van der Waals surface area contributed by atoms with E-state index < -0.39 is 0 Å². The molecule has 0 fully saturated rings. The van der Waals surface area contributed by atoms with Gasteiger partial charge in [0.15, 0.2) is 0 Å². The summed E-state index contributed by atoms with van der Waals surface area (Å²) in [5, 5.41) is 14.7. The van der Waals surface area contributed by atoms with E-state index in [1.807, 2.05) is 61.5 Å². The average molecular weight is 399 g/mol. The van der Waals surface area contributed by atoms with E-state index >= 15 is 0 Å². The fourth-order valence-electron chi connectivity index (χ4n) is 2.30. The van der Waals surface area contributed by atoms with Gasteiger partial charge in [0.1, 0.15) is 5.01 Å². The van der Waals surface area contributed by atoms with Crippen LogP contribution in [-0.2, 0) is 16.0 Å². The number of benzene rings is 2. The Labute approximate surface area is 165 Å². The Hall–Kier alpha value is -2.71. The Morgan fingerprint density at radius 1 is 1.00 bits per heavy atom. The highest BCUT2D eigenvalue weighted by atomic mass is 32.2. The standard InChI is InChI=1S/C19H18N4O2S2/c1-13-22-23-19(27-13)21-18(25)12-26-16-9-5-8-15(11-16)20-17(24)10-14-6-3-2-4-7-14/h2-9,11H,10,12H2,1H3,(H,20,24)(H,21,23,25). The van der Waals surface area contributed by atoms with Crippen LogP contribution in [-0.4, -0.2) is 27.8 Å². The number of nitrogens with zero attached hydrogens (tertiary/aromatic N) is 2. The van der Waals surface area contributed by atoms with Crippen molar-refractivity contribution in [1.29, 1.82) is 0 Å². The van der Waals surface area contributed by atoms with Gasteiger partial charge in [0.05, 0.1) is 12.2 Å². The van der Waals surface area contributed by atoms with Crippen LogP contribution in [0, 0.1) is 6.92 Å². The van der Waals surface area contributed by atoms with E-state index in [4.69, 9.17) is 0 Å². The predicted molar refractivity (Wildman–Crippen MR) is 109 cm³/mol. The van der Waals surface area contributed by atoms with E-state index in [1.165, 1.54) is 23.1 Å². The number of aromatic nitrogens is 2. The zero-order chi connectivity index (χ0) is 19.1. The molecule has 0 atom stereocenters. The van der Waals surface area contributed by atoms with Gasteiger partial charge in [-0.1, -0.05) is 47.7 Å². The smallest absolute Gasteiger partial charge is 0.236 e. The molecule has 0 aliphatic rings. The molecule has 8 heteroatoms. The molecule has 138 valence electrons. The zero-order valence-corrected chi connectivity index (χ0v) is 16.3. The highest BCUT2D eigenvalue weighted by molar-refractivity contribution is 8.00. The normalized spacial score (nSPS) is 10.4. The summed E-state index contributed by atoms with van der Waals surface area (Å²) >= 11 is 2.73. The van der Waals surface area contributed by atoms with Crippen molar-refractivity contribution >= 4 is 45.7 Å². The molecule has 3 aromatic rings. The number of aryl methyl sites for hydroxylation is 1. The number of anilines is 2. The molecule has 27 heavy (non-hydrogen) atoms. The second kappa shape index (κ2) is 9.29. The molecule has 2 N–H and O–H groups in total. The molecule has 0 aliphatic heterocycles. The lowest BCUT2D eigenvalue weighted by atomic mass is 10.1. The van der Waals surface area contributed by atoms with Crippen molar-refractivity contribution in [2.24, 2.45) is 0 Å². The van der Waals surface area contributed by atoms with Crippen molar-refractivity contribution < 1.29 is 9.59 Å². The minimum Gasteiger partial charge on any atom is -0.326 e. The molecule has 0 bridgehead atoms. The zero-order valence-electron chi connectivity index (χ0n) is 14.6. The third-order valence-corrected chi connectivity index (χ3v) is 5.22. The van der Waals surface area contributed by atoms with E-state index in [2.05, 4.69) is 20.8 Å². The maximum absolute atomic E-state index is 12.2. The van der Waals surface area contributed by atoms with Gasteiger partial charge >= 0.3 is 0 Å². The highest BCUT2D eigenvalue weighted by Crippen LogP contribution is 2.22. The van der Waals surface area contributed by atoms with Crippen LogP contribution in [0.5, 0.6) is 0 Å². The first kappa shape index (κ1) is 19.1. The molecular weight excluding hydrogens is 380 g/mol. The summed E-state index contributed by atoms with van der Waals surface area (Å²) in [6.07, 6.45) is 0.321. The van der Waals surface area contributed by atoms with Crippen molar-refractivity contribution in [3.8, 4) is 0 Å². The largest absolute Gasteiger partial charge is 0.326 e. The fraction of sp³-hybridized carbons (Fsp3) is 0.158. The molecule has 0 saturated heterocycles. The SMILES string of the molecule is Cc1nnc(NC(=O)CSc2cccc(NC(=O)Cc3ccccc3)c2)s1. The van der Waals surface area contributed by atoms with Crippen molar-refractivity contribution in [3.05, 3.63) is 65.2 Å². The summed E-state index contributed by atoms with van der Waals surface area (Å²) in [5.74, 6) is 0.0300. The van der Waals surface area contributed by atoms with Gasteiger partial charge in [-0.15, -0.1) is 22.0 Å². The second-order valence-corrected chi connectivity index (χ2v) is 7.93. The van der Waals surface area contributed by atoms with Gasteiger partial charge in [-0.2, -0.15) is 0 Å². The first-order valence-electron chi connectivity index (χ1n) is 8.25. The van der Waals surface area contributed by atoms with E-state index in [0.29, 0.717) is 17.2 Å². The lowest BCUT2D eigenvalue weighted by Gasteiger charge is -2.07.